The van der Waals surface area contributed by atoms with E-state index in [1.54, 1.807) is 7.11 Å². The summed E-state index contributed by atoms with van der Waals surface area (Å²) in [5.74, 6) is 1.50. The first kappa shape index (κ1) is 22.6. The van der Waals surface area contributed by atoms with Crippen molar-refractivity contribution in [1.82, 2.24) is 9.88 Å². The Kier molecular flexibility index (Phi) is 7.63. The van der Waals surface area contributed by atoms with Gasteiger partial charge in [-0.05, 0) is 68.7 Å². The number of benzene rings is 1. The minimum atomic E-state index is -0.804. The predicted octanol–water partition coefficient (Wildman–Crippen LogP) is 4.70. The number of pyridine rings is 1. The number of aromatic nitrogens is 1. The van der Waals surface area contributed by atoms with Crippen molar-refractivity contribution in [2.24, 2.45) is 5.92 Å². The molecule has 0 spiro atoms. The summed E-state index contributed by atoms with van der Waals surface area (Å²) < 4.78 is 5.42. The Morgan fingerprint density at radius 1 is 1.25 bits per heavy atom. The Labute approximate surface area is 191 Å². The van der Waals surface area contributed by atoms with E-state index in [1.165, 1.54) is 30.5 Å². The lowest BCUT2D eigenvalue weighted by atomic mass is 9.99. The molecular weight excluding hydrogens is 402 g/mol. The number of nitrogens with one attached hydrogen (secondary N) is 1. The largest absolute Gasteiger partial charge is 0.496 e. The van der Waals surface area contributed by atoms with Gasteiger partial charge >= 0.3 is 5.97 Å². The quantitative estimate of drug-likeness (QED) is 0.525. The number of ether oxygens (including phenoxy) is 1. The molecule has 3 heterocycles. The highest BCUT2D eigenvalue weighted by molar-refractivity contribution is 5.76. The van der Waals surface area contributed by atoms with Crippen molar-refractivity contribution in [3.8, 4) is 5.75 Å². The summed E-state index contributed by atoms with van der Waals surface area (Å²) in [4.78, 5) is 19.0. The second-order valence-corrected chi connectivity index (χ2v) is 9.07. The molecule has 0 unspecified atom stereocenters. The lowest BCUT2D eigenvalue weighted by molar-refractivity contribution is -0.143. The Hall–Kier alpha value is -2.60. The molecule has 172 valence electrons. The number of para-hydroxylation sites is 1. The molecule has 2 atom stereocenters. The molecule has 1 fully saturated rings. The fourth-order valence-corrected chi connectivity index (χ4v) is 5.13. The molecule has 0 bridgehead atoms. The summed E-state index contributed by atoms with van der Waals surface area (Å²) in [6.07, 6.45) is 9.12. The Bertz CT molecular complexity index is 917. The Morgan fingerprint density at radius 3 is 2.97 bits per heavy atom. The first-order valence-corrected chi connectivity index (χ1v) is 12.0. The number of aryl methyl sites for hydroxylation is 2. The van der Waals surface area contributed by atoms with Crippen molar-refractivity contribution in [3.05, 3.63) is 53.2 Å². The summed E-state index contributed by atoms with van der Waals surface area (Å²) in [7, 11) is 1.60. The van der Waals surface area contributed by atoms with E-state index in [-0.39, 0.29) is 0 Å². The maximum atomic E-state index is 12.1. The number of carboxylic acids is 1. The van der Waals surface area contributed by atoms with Crippen LogP contribution in [-0.2, 0) is 17.6 Å². The van der Waals surface area contributed by atoms with E-state index in [0.29, 0.717) is 11.7 Å². The van der Waals surface area contributed by atoms with Gasteiger partial charge in [-0.3, -0.25) is 9.69 Å². The monoisotopic (exact) mass is 437 g/mol. The highest BCUT2D eigenvalue weighted by Gasteiger charge is 2.34. The minimum Gasteiger partial charge on any atom is -0.496 e. The number of fused-ring (bicyclic) bond motifs is 1. The SMILES string of the molecule is COc1ccccc1[C@H](C(=O)O)N1CC[C@@H](CCCCCc2ccc3c(n2)NCCC3)C1. The van der Waals surface area contributed by atoms with Crippen LogP contribution in [0, 0.1) is 5.92 Å². The highest BCUT2D eigenvalue weighted by Crippen LogP contribution is 2.34. The number of likely N-dealkylation sites (tertiary alicyclic amines) is 1. The highest BCUT2D eigenvalue weighted by atomic mass is 16.5. The van der Waals surface area contributed by atoms with Crippen LogP contribution < -0.4 is 10.1 Å². The average molecular weight is 438 g/mol. The van der Waals surface area contributed by atoms with Gasteiger partial charge in [0.05, 0.1) is 7.11 Å². The number of nitrogens with zero attached hydrogens (tertiary/aromatic N) is 2. The molecule has 0 amide bonds. The van der Waals surface area contributed by atoms with E-state index in [1.807, 2.05) is 24.3 Å². The lowest BCUT2D eigenvalue weighted by Gasteiger charge is -2.26. The number of carboxylic acid groups (broad SMARTS) is 1. The van der Waals surface area contributed by atoms with Crippen LogP contribution in [0.25, 0.3) is 0 Å². The van der Waals surface area contributed by atoms with Gasteiger partial charge in [0.2, 0.25) is 0 Å². The molecule has 2 aromatic rings. The van der Waals surface area contributed by atoms with E-state index in [4.69, 9.17) is 9.72 Å². The van der Waals surface area contributed by atoms with Crippen LogP contribution >= 0.6 is 0 Å². The molecule has 1 aromatic carbocycles. The van der Waals surface area contributed by atoms with Gasteiger partial charge in [0, 0.05) is 24.3 Å². The van der Waals surface area contributed by atoms with Crippen molar-refractivity contribution >= 4 is 11.8 Å². The predicted molar refractivity (Wildman–Crippen MR) is 126 cm³/mol. The fraction of sp³-hybridized carbons (Fsp3) is 0.538. The van der Waals surface area contributed by atoms with Crippen LogP contribution in [0.1, 0.15) is 61.4 Å². The van der Waals surface area contributed by atoms with Crippen LogP contribution in [0.4, 0.5) is 5.82 Å². The maximum absolute atomic E-state index is 12.1. The number of aliphatic carboxylic acids is 1. The van der Waals surface area contributed by atoms with Crippen LogP contribution in [0.3, 0.4) is 0 Å². The van der Waals surface area contributed by atoms with Crippen molar-refractivity contribution < 1.29 is 14.6 Å². The molecular formula is C26H35N3O3. The van der Waals surface area contributed by atoms with Crippen LogP contribution in [0.15, 0.2) is 36.4 Å². The van der Waals surface area contributed by atoms with Crippen molar-refractivity contribution in [2.75, 3.05) is 32.1 Å². The van der Waals surface area contributed by atoms with Gasteiger partial charge in [-0.25, -0.2) is 4.98 Å². The number of hydrogen-bond donors (Lipinski definition) is 2. The molecule has 0 aliphatic carbocycles. The Balaban J connectivity index is 1.22. The van der Waals surface area contributed by atoms with Gasteiger partial charge in [0.1, 0.15) is 17.6 Å². The van der Waals surface area contributed by atoms with Crippen LogP contribution in [-0.4, -0.2) is 47.7 Å². The van der Waals surface area contributed by atoms with E-state index in [0.717, 1.165) is 63.1 Å². The van der Waals surface area contributed by atoms with Crippen molar-refractivity contribution in [2.45, 2.75) is 57.4 Å². The number of rotatable bonds is 10. The zero-order valence-corrected chi connectivity index (χ0v) is 19.1. The number of hydrogen-bond acceptors (Lipinski definition) is 5. The maximum Gasteiger partial charge on any atom is 0.325 e. The summed E-state index contributed by atoms with van der Waals surface area (Å²) >= 11 is 0. The second kappa shape index (κ2) is 10.8. The number of unbranched alkanes of at least 4 members (excludes halogenated alkanes) is 2. The van der Waals surface area contributed by atoms with Gasteiger partial charge < -0.3 is 15.2 Å². The van der Waals surface area contributed by atoms with Crippen LogP contribution in [0.2, 0.25) is 0 Å². The molecule has 2 aliphatic rings. The molecule has 6 nitrogen and oxygen atoms in total. The average Bonchev–Trinajstić information content (AvgIpc) is 3.27. The van der Waals surface area contributed by atoms with Crippen molar-refractivity contribution in [1.29, 1.82) is 0 Å². The van der Waals surface area contributed by atoms with Crippen LogP contribution in [0.5, 0.6) is 5.75 Å². The van der Waals surface area contributed by atoms with Gasteiger partial charge in [-0.2, -0.15) is 0 Å². The summed E-state index contributed by atoms with van der Waals surface area (Å²) in [5, 5.41) is 13.3. The fourth-order valence-electron chi connectivity index (χ4n) is 5.13. The van der Waals surface area contributed by atoms with E-state index in [2.05, 4.69) is 22.3 Å². The molecule has 2 aliphatic heterocycles. The minimum absolute atomic E-state index is 0.567. The smallest absolute Gasteiger partial charge is 0.325 e. The number of carbonyl (C=O) groups is 1. The summed E-state index contributed by atoms with van der Waals surface area (Å²) in [5.41, 5.74) is 3.28. The van der Waals surface area contributed by atoms with Gasteiger partial charge in [-0.1, -0.05) is 37.1 Å². The molecule has 0 radical (unpaired) electrons. The number of anilines is 1. The zero-order valence-electron chi connectivity index (χ0n) is 19.1. The molecule has 1 saturated heterocycles. The summed E-state index contributed by atoms with van der Waals surface area (Å²) in [6, 6.07) is 11.3. The molecule has 1 aromatic heterocycles. The van der Waals surface area contributed by atoms with E-state index in [9.17, 15) is 9.90 Å². The topological polar surface area (TPSA) is 74.7 Å². The third kappa shape index (κ3) is 5.41. The number of methoxy groups -OCH3 is 1. The first-order valence-electron chi connectivity index (χ1n) is 12.0. The van der Waals surface area contributed by atoms with Crippen molar-refractivity contribution in [3.63, 3.8) is 0 Å². The third-order valence-corrected chi connectivity index (χ3v) is 6.85. The zero-order chi connectivity index (χ0) is 22.3. The van der Waals surface area contributed by atoms with E-state index >= 15 is 0 Å². The van der Waals surface area contributed by atoms with Gasteiger partial charge in [-0.15, -0.1) is 0 Å². The molecule has 32 heavy (non-hydrogen) atoms. The normalized spacial score (nSPS) is 19.2. The molecule has 2 N–H and O–H groups in total. The van der Waals surface area contributed by atoms with Gasteiger partial charge in [0.25, 0.3) is 0 Å². The third-order valence-electron chi connectivity index (χ3n) is 6.85. The molecule has 0 saturated carbocycles. The second-order valence-electron chi connectivity index (χ2n) is 9.07. The lowest BCUT2D eigenvalue weighted by Crippen LogP contribution is -2.32. The Morgan fingerprint density at radius 2 is 2.12 bits per heavy atom. The molecule has 4 rings (SSSR count). The van der Waals surface area contributed by atoms with Gasteiger partial charge in [0.15, 0.2) is 0 Å². The standard InChI is InChI=1S/C26H35N3O3/c1-32-23-12-6-5-11-22(23)24(26(30)31)29-17-15-19(18-29)8-3-2-4-10-21-14-13-20-9-7-16-27-25(20)28-21/h5-6,11-14,19,24H,2-4,7-10,15-18H2,1H3,(H,27,28)(H,30,31)/t19-,24-/m1/s1. The van der Waals surface area contributed by atoms with E-state index < -0.39 is 12.0 Å². The first-order chi connectivity index (χ1) is 15.7. The summed E-state index contributed by atoms with van der Waals surface area (Å²) in [6.45, 7) is 2.69. The molecule has 6 heteroatoms.